The molecule has 0 amide bonds. The number of hydrogen-bond acceptors (Lipinski definition) is 2. The summed E-state index contributed by atoms with van der Waals surface area (Å²) in [5.41, 5.74) is 13.1. The number of fused-ring (bicyclic) bond motifs is 8. The lowest BCUT2D eigenvalue weighted by Crippen LogP contribution is -2.35. The Morgan fingerprint density at radius 1 is 0.914 bits per heavy atom. The number of thiophene rings is 1. The van der Waals surface area contributed by atoms with E-state index in [0.717, 1.165) is 19.3 Å². The molecule has 0 saturated heterocycles. The van der Waals surface area contributed by atoms with Crippen LogP contribution in [0.15, 0.2) is 60.3 Å². The molecular weight excluding hydrogens is 442 g/mol. The molecule has 3 aromatic carbocycles. The van der Waals surface area contributed by atoms with Gasteiger partial charge in [0.1, 0.15) is 0 Å². The number of hydrogen-bond donors (Lipinski definition) is 0. The molecule has 1 aromatic heterocycles. The third kappa shape index (κ3) is 3.41. The van der Waals surface area contributed by atoms with Crippen LogP contribution in [0.5, 0.6) is 0 Å². The molecule has 0 saturated carbocycles. The number of nitrogens with zero attached hydrogens (tertiary/aromatic N) is 1. The van der Waals surface area contributed by atoms with E-state index in [2.05, 4.69) is 101 Å². The minimum absolute atomic E-state index is 0.266. The van der Waals surface area contributed by atoms with Gasteiger partial charge >= 0.3 is 0 Å². The van der Waals surface area contributed by atoms with E-state index >= 15 is 0 Å². The van der Waals surface area contributed by atoms with E-state index in [1.54, 1.807) is 0 Å². The van der Waals surface area contributed by atoms with Crippen molar-refractivity contribution in [3.05, 3.63) is 88.1 Å². The van der Waals surface area contributed by atoms with Gasteiger partial charge in [0.05, 0.1) is 11.7 Å². The summed E-state index contributed by atoms with van der Waals surface area (Å²) in [6.45, 7) is 13.9. The van der Waals surface area contributed by atoms with E-state index < -0.39 is 0 Å². The van der Waals surface area contributed by atoms with Crippen LogP contribution in [0.2, 0.25) is 0 Å². The Hall–Kier alpha value is -2.84. The Bertz CT molecular complexity index is 1540. The number of aryl methyl sites for hydroxylation is 2. The zero-order chi connectivity index (χ0) is 24.4. The molecule has 0 bridgehead atoms. The average molecular weight is 478 g/mol. The Balaban J connectivity index is 1.70. The minimum atomic E-state index is 0.266. The highest BCUT2D eigenvalue weighted by Gasteiger charge is 2.37. The van der Waals surface area contributed by atoms with Gasteiger partial charge < -0.3 is 4.90 Å². The summed E-state index contributed by atoms with van der Waals surface area (Å²) in [7, 11) is 0. The molecular formula is C33H35NS. The first kappa shape index (κ1) is 22.6. The van der Waals surface area contributed by atoms with Crippen LogP contribution in [0.4, 0.5) is 5.69 Å². The normalized spacial score (nSPS) is 17.2. The molecule has 1 unspecified atom stereocenters. The lowest BCUT2D eigenvalue weighted by Gasteiger charge is -2.45. The molecule has 2 aliphatic rings. The maximum Gasteiger partial charge on any atom is 0.0784 e. The van der Waals surface area contributed by atoms with Crippen LogP contribution in [-0.4, -0.2) is 0 Å². The van der Waals surface area contributed by atoms with Gasteiger partial charge in [-0.05, 0) is 85.1 Å². The average Bonchev–Trinajstić information content (AvgIpc) is 3.19. The van der Waals surface area contributed by atoms with E-state index in [-0.39, 0.29) is 6.04 Å². The van der Waals surface area contributed by atoms with Crippen LogP contribution in [0.25, 0.3) is 31.3 Å². The lowest BCUT2D eigenvalue weighted by molar-refractivity contribution is 0.664. The smallest absolute Gasteiger partial charge is 0.0784 e. The second-order valence-corrected chi connectivity index (χ2v) is 11.8. The molecule has 4 aromatic rings. The van der Waals surface area contributed by atoms with E-state index in [9.17, 15) is 0 Å². The van der Waals surface area contributed by atoms with Crippen LogP contribution in [0.3, 0.4) is 0 Å². The third-order valence-corrected chi connectivity index (χ3v) is 8.96. The van der Waals surface area contributed by atoms with Gasteiger partial charge in [0, 0.05) is 31.4 Å². The van der Waals surface area contributed by atoms with Crippen molar-refractivity contribution in [3.8, 4) is 0 Å². The molecule has 1 nitrogen and oxygen atoms in total. The standard InChI is InChI=1S/C33H35NS/c1-7-23-28(8-2)34-29(27-15-20(5)14-21(6)33(23)27)16-22(13-19(3)4)25-17-26-24-11-9-10-12-31(24)35-32(26)18-30(25)34/h9-12,14-19,29H,7-8,13H2,1-6H3. The quantitative estimate of drug-likeness (QED) is 0.282. The summed E-state index contributed by atoms with van der Waals surface area (Å²) in [6.07, 6.45) is 5.81. The Kier molecular flexibility index (Phi) is 5.41. The lowest BCUT2D eigenvalue weighted by atomic mass is 9.78. The van der Waals surface area contributed by atoms with Gasteiger partial charge in [-0.25, -0.2) is 0 Å². The first-order valence-electron chi connectivity index (χ1n) is 13.2. The fraction of sp³-hybridized carbons (Fsp3) is 0.333. The Morgan fingerprint density at radius 2 is 1.71 bits per heavy atom. The highest BCUT2D eigenvalue weighted by molar-refractivity contribution is 7.25. The van der Waals surface area contributed by atoms with Crippen LogP contribution in [0.1, 0.15) is 80.8 Å². The van der Waals surface area contributed by atoms with Crippen molar-refractivity contribution >= 4 is 48.3 Å². The number of allylic oxidation sites excluding steroid dienone is 3. The molecule has 6 rings (SSSR count). The van der Waals surface area contributed by atoms with E-state index in [1.807, 2.05) is 11.3 Å². The maximum atomic E-state index is 2.70. The van der Waals surface area contributed by atoms with Crippen molar-refractivity contribution in [1.29, 1.82) is 0 Å². The fourth-order valence-electron chi connectivity index (χ4n) is 6.58. The molecule has 35 heavy (non-hydrogen) atoms. The summed E-state index contributed by atoms with van der Waals surface area (Å²) in [4.78, 5) is 2.70. The highest BCUT2D eigenvalue weighted by atomic mass is 32.1. The van der Waals surface area contributed by atoms with E-state index in [1.165, 1.54) is 70.5 Å². The molecule has 2 heteroatoms. The highest BCUT2D eigenvalue weighted by Crippen LogP contribution is 2.53. The first-order valence-corrected chi connectivity index (χ1v) is 14.0. The molecule has 0 N–H and O–H groups in total. The van der Waals surface area contributed by atoms with Gasteiger partial charge in [0.2, 0.25) is 0 Å². The van der Waals surface area contributed by atoms with Gasteiger partial charge in [-0.2, -0.15) is 0 Å². The SMILES string of the molecule is CCC1=C(CC)N2c3cc4sc5ccccc5c4cc3C(CC(C)C)=CC2c2cc(C)cc(C)c21. The molecule has 0 radical (unpaired) electrons. The summed E-state index contributed by atoms with van der Waals surface area (Å²) >= 11 is 1.93. The molecule has 2 aliphatic heterocycles. The van der Waals surface area contributed by atoms with Crippen molar-refractivity contribution in [3.63, 3.8) is 0 Å². The predicted molar refractivity (Wildman–Crippen MR) is 155 cm³/mol. The molecule has 3 heterocycles. The van der Waals surface area contributed by atoms with Crippen molar-refractivity contribution in [2.75, 3.05) is 4.90 Å². The Labute approximate surface area is 213 Å². The molecule has 178 valence electrons. The monoisotopic (exact) mass is 477 g/mol. The third-order valence-electron chi connectivity index (χ3n) is 7.82. The van der Waals surface area contributed by atoms with E-state index in [4.69, 9.17) is 0 Å². The number of anilines is 1. The first-order chi connectivity index (χ1) is 16.9. The van der Waals surface area contributed by atoms with Gasteiger partial charge in [-0.15, -0.1) is 11.3 Å². The predicted octanol–water partition coefficient (Wildman–Crippen LogP) is 10.2. The zero-order valence-corrected chi connectivity index (χ0v) is 22.6. The van der Waals surface area contributed by atoms with Crippen LogP contribution >= 0.6 is 11.3 Å². The topological polar surface area (TPSA) is 3.24 Å². The molecule has 0 spiro atoms. The fourth-order valence-corrected chi connectivity index (χ4v) is 7.70. The van der Waals surface area contributed by atoms with Gasteiger partial charge in [0.25, 0.3) is 0 Å². The number of benzene rings is 3. The molecule has 0 aliphatic carbocycles. The van der Waals surface area contributed by atoms with Crippen molar-refractivity contribution < 1.29 is 0 Å². The second-order valence-electron chi connectivity index (χ2n) is 10.7. The largest absolute Gasteiger partial charge is 0.333 e. The molecule has 1 atom stereocenters. The van der Waals surface area contributed by atoms with Crippen molar-refractivity contribution in [2.24, 2.45) is 5.92 Å². The summed E-state index contributed by atoms with van der Waals surface area (Å²) in [5.74, 6) is 0.616. The minimum Gasteiger partial charge on any atom is -0.333 e. The second kappa shape index (κ2) is 8.38. The zero-order valence-electron chi connectivity index (χ0n) is 21.8. The summed E-state index contributed by atoms with van der Waals surface area (Å²) in [6, 6.07) is 19.0. The van der Waals surface area contributed by atoms with Gasteiger partial charge in [-0.1, -0.05) is 69.7 Å². The maximum absolute atomic E-state index is 2.70. The van der Waals surface area contributed by atoms with Crippen LogP contribution in [-0.2, 0) is 0 Å². The van der Waals surface area contributed by atoms with E-state index in [0.29, 0.717) is 5.92 Å². The van der Waals surface area contributed by atoms with Crippen LogP contribution < -0.4 is 4.90 Å². The van der Waals surface area contributed by atoms with Crippen molar-refractivity contribution in [2.45, 2.75) is 66.8 Å². The Morgan fingerprint density at radius 3 is 2.46 bits per heavy atom. The van der Waals surface area contributed by atoms with Crippen molar-refractivity contribution in [1.82, 2.24) is 0 Å². The summed E-state index contributed by atoms with van der Waals surface area (Å²) in [5, 5.41) is 2.79. The van der Waals surface area contributed by atoms with Gasteiger partial charge in [-0.3, -0.25) is 0 Å². The number of rotatable bonds is 4. The van der Waals surface area contributed by atoms with Gasteiger partial charge in [0.15, 0.2) is 0 Å². The summed E-state index contributed by atoms with van der Waals surface area (Å²) < 4.78 is 2.78. The molecule has 0 fully saturated rings. The van der Waals surface area contributed by atoms with Crippen LogP contribution in [0, 0.1) is 19.8 Å².